The van der Waals surface area contributed by atoms with Crippen LogP contribution in [0.2, 0.25) is 0 Å². The maximum atomic E-state index is 12.5. The lowest BCUT2D eigenvalue weighted by atomic mass is 10.1. The molecule has 2 aromatic heterocycles. The highest BCUT2D eigenvalue weighted by atomic mass is 32.2. The molecule has 148 valence electrons. The predicted molar refractivity (Wildman–Crippen MR) is 107 cm³/mol. The summed E-state index contributed by atoms with van der Waals surface area (Å²) in [6, 6.07) is 6.60. The summed E-state index contributed by atoms with van der Waals surface area (Å²) in [6.07, 6.45) is 0. The van der Waals surface area contributed by atoms with Crippen molar-refractivity contribution in [2.24, 2.45) is 7.05 Å². The lowest BCUT2D eigenvalue weighted by Gasteiger charge is -2.21. The van der Waals surface area contributed by atoms with Gasteiger partial charge in [0.05, 0.1) is 16.2 Å². The van der Waals surface area contributed by atoms with Gasteiger partial charge in [-0.15, -0.1) is 10.2 Å². The van der Waals surface area contributed by atoms with Crippen LogP contribution < -0.4 is 16.2 Å². The van der Waals surface area contributed by atoms with Crippen molar-refractivity contribution in [3.8, 4) is 0 Å². The highest BCUT2D eigenvalue weighted by molar-refractivity contribution is 8.00. The molecule has 0 aliphatic carbocycles. The second-order valence-electron chi connectivity index (χ2n) is 7.45. The van der Waals surface area contributed by atoms with E-state index in [-0.39, 0.29) is 5.56 Å². The van der Waals surface area contributed by atoms with Crippen LogP contribution in [0.4, 0.5) is 4.79 Å². The van der Waals surface area contributed by atoms with E-state index in [1.165, 1.54) is 4.57 Å². The van der Waals surface area contributed by atoms with Gasteiger partial charge in [-0.1, -0.05) is 23.9 Å². The molecule has 2 N–H and O–H groups in total. The molecule has 0 saturated heterocycles. The number of fused-ring (bicyclic) bond motifs is 3. The zero-order valence-corrected chi connectivity index (χ0v) is 17.1. The maximum Gasteiger partial charge on any atom is 0.321 e. The number of para-hydroxylation sites is 1. The fourth-order valence-electron chi connectivity index (χ4n) is 2.68. The number of benzene rings is 1. The molecule has 9 nitrogen and oxygen atoms in total. The number of carbonyl (C=O) groups excluding carboxylic acids is 2. The Labute approximate surface area is 165 Å². The van der Waals surface area contributed by atoms with Gasteiger partial charge in [0.1, 0.15) is 0 Å². The highest BCUT2D eigenvalue weighted by Gasteiger charge is 2.23. The van der Waals surface area contributed by atoms with Crippen LogP contribution in [0.15, 0.2) is 34.2 Å². The first-order valence-electron chi connectivity index (χ1n) is 8.71. The zero-order valence-electron chi connectivity index (χ0n) is 16.3. The molecule has 0 aliphatic rings. The number of thioether (sulfide) groups is 1. The molecule has 1 aromatic carbocycles. The molecule has 28 heavy (non-hydrogen) atoms. The van der Waals surface area contributed by atoms with Gasteiger partial charge in [-0.25, -0.2) is 4.79 Å². The van der Waals surface area contributed by atoms with Crippen LogP contribution in [0.5, 0.6) is 0 Å². The number of aryl methyl sites for hydroxylation is 1. The third-order valence-electron chi connectivity index (χ3n) is 3.97. The van der Waals surface area contributed by atoms with Crippen LogP contribution in [0.3, 0.4) is 0 Å². The minimum Gasteiger partial charge on any atom is -0.333 e. The third-order valence-corrected chi connectivity index (χ3v) is 5.02. The summed E-state index contributed by atoms with van der Waals surface area (Å²) in [5.41, 5.74) is 0.0380. The van der Waals surface area contributed by atoms with Gasteiger partial charge in [-0.3, -0.25) is 23.9 Å². The molecule has 2 heterocycles. The Morgan fingerprint density at radius 2 is 1.86 bits per heavy atom. The second-order valence-corrected chi connectivity index (χ2v) is 8.76. The smallest absolute Gasteiger partial charge is 0.321 e. The van der Waals surface area contributed by atoms with Crippen molar-refractivity contribution in [1.82, 2.24) is 29.8 Å². The molecular weight excluding hydrogens is 380 g/mol. The number of hydrogen-bond donors (Lipinski definition) is 2. The van der Waals surface area contributed by atoms with Crippen LogP contribution in [0.1, 0.15) is 27.7 Å². The van der Waals surface area contributed by atoms with Crippen molar-refractivity contribution in [2.45, 2.75) is 43.6 Å². The zero-order chi connectivity index (χ0) is 20.6. The largest absolute Gasteiger partial charge is 0.333 e. The number of aromatic nitrogens is 4. The third kappa shape index (κ3) is 3.86. The summed E-state index contributed by atoms with van der Waals surface area (Å²) >= 11 is 1.16. The summed E-state index contributed by atoms with van der Waals surface area (Å²) < 4.78 is 3.15. The van der Waals surface area contributed by atoms with Gasteiger partial charge in [-0.05, 0) is 39.8 Å². The summed E-state index contributed by atoms with van der Waals surface area (Å²) in [4.78, 5) is 36.8. The Morgan fingerprint density at radius 3 is 2.54 bits per heavy atom. The molecule has 0 saturated carbocycles. The van der Waals surface area contributed by atoms with Gasteiger partial charge in [0, 0.05) is 12.6 Å². The summed E-state index contributed by atoms with van der Waals surface area (Å²) in [7, 11) is 1.63. The summed E-state index contributed by atoms with van der Waals surface area (Å²) in [6.45, 7) is 7.16. The number of amides is 3. The van der Waals surface area contributed by atoms with Gasteiger partial charge in [-0.2, -0.15) is 0 Å². The first-order chi connectivity index (χ1) is 13.1. The highest BCUT2D eigenvalue weighted by Crippen LogP contribution is 2.24. The molecule has 3 rings (SSSR count). The Kier molecular flexibility index (Phi) is 5.16. The molecule has 0 fully saturated rings. The van der Waals surface area contributed by atoms with E-state index in [0.29, 0.717) is 21.8 Å². The van der Waals surface area contributed by atoms with Gasteiger partial charge < -0.3 is 5.32 Å². The number of rotatable bonds is 3. The first-order valence-corrected chi connectivity index (χ1v) is 9.59. The van der Waals surface area contributed by atoms with E-state index in [4.69, 9.17) is 0 Å². The SMILES string of the molecule is CC(Sc1nnc2n(C)c(=O)c3ccccc3n12)C(=O)NC(=O)NC(C)(C)C. The fourth-order valence-corrected chi connectivity index (χ4v) is 3.54. The van der Waals surface area contributed by atoms with Gasteiger partial charge >= 0.3 is 6.03 Å². The second kappa shape index (κ2) is 7.27. The lowest BCUT2D eigenvalue weighted by molar-refractivity contribution is -0.119. The molecular formula is C18H22N6O3S. The molecule has 1 atom stereocenters. The number of imide groups is 1. The van der Waals surface area contributed by atoms with E-state index in [2.05, 4.69) is 20.8 Å². The van der Waals surface area contributed by atoms with E-state index in [1.807, 2.05) is 26.8 Å². The average Bonchev–Trinajstić information content (AvgIpc) is 3.01. The molecule has 10 heteroatoms. The van der Waals surface area contributed by atoms with Crippen molar-refractivity contribution >= 4 is 40.4 Å². The van der Waals surface area contributed by atoms with Crippen molar-refractivity contribution in [3.63, 3.8) is 0 Å². The van der Waals surface area contributed by atoms with E-state index in [9.17, 15) is 14.4 Å². The monoisotopic (exact) mass is 402 g/mol. The number of nitrogens with zero attached hydrogens (tertiary/aromatic N) is 4. The van der Waals surface area contributed by atoms with Crippen LogP contribution >= 0.6 is 11.8 Å². The maximum absolute atomic E-state index is 12.5. The Hall–Kier alpha value is -2.88. The fraction of sp³-hybridized carbons (Fsp3) is 0.389. The van der Waals surface area contributed by atoms with E-state index in [1.54, 1.807) is 36.6 Å². The molecule has 3 amide bonds. The normalized spacial score (nSPS) is 12.9. The lowest BCUT2D eigenvalue weighted by Crippen LogP contribution is -2.49. The van der Waals surface area contributed by atoms with Gasteiger partial charge in [0.15, 0.2) is 5.16 Å². The van der Waals surface area contributed by atoms with Crippen molar-refractivity contribution in [1.29, 1.82) is 0 Å². The minimum absolute atomic E-state index is 0.170. The topological polar surface area (TPSA) is 110 Å². The Bertz CT molecular complexity index is 1130. The summed E-state index contributed by atoms with van der Waals surface area (Å²) in [5, 5.41) is 13.6. The molecule has 3 aromatic rings. The Morgan fingerprint density at radius 1 is 1.18 bits per heavy atom. The number of urea groups is 1. The van der Waals surface area contributed by atoms with E-state index < -0.39 is 22.7 Å². The molecule has 0 radical (unpaired) electrons. The van der Waals surface area contributed by atoms with Gasteiger partial charge in [0.2, 0.25) is 11.7 Å². The van der Waals surface area contributed by atoms with E-state index >= 15 is 0 Å². The minimum atomic E-state index is -0.603. The predicted octanol–water partition coefficient (Wildman–Crippen LogP) is 1.69. The number of hydrogen-bond acceptors (Lipinski definition) is 6. The number of nitrogens with one attached hydrogen (secondary N) is 2. The average molecular weight is 402 g/mol. The van der Waals surface area contributed by atoms with E-state index in [0.717, 1.165) is 11.8 Å². The van der Waals surface area contributed by atoms with Crippen molar-refractivity contribution in [3.05, 3.63) is 34.6 Å². The van der Waals surface area contributed by atoms with Crippen LogP contribution in [0, 0.1) is 0 Å². The standard InChI is InChI=1S/C18H22N6O3S/c1-10(13(25)19-15(27)20-18(2,3)4)28-17-22-21-16-23(5)14(26)11-8-6-7-9-12(11)24(16)17/h6-10H,1-5H3,(H2,19,20,25,27). The summed E-state index contributed by atoms with van der Waals surface area (Å²) in [5.74, 6) is -0.0677. The Balaban J connectivity index is 1.90. The van der Waals surface area contributed by atoms with Crippen molar-refractivity contribution in [2.75, 3.05) is 0 Å². The van der Waals surface area contributed by atoms with Crippen molar-refractivity contribution < 1.29 is 9.59 Å². The molecule has 0 spiro atoms. The number of carbonyl (C=O) groups is 2. The first kappa shape index (κ1) is 19.9. The molecule has 0 aliphatic heterocycles. The van der Waals surface area contributed by atoms with Gasteiger partial charge in [0.25, 0.3) is 5.56 Å². The van der Waals surface area contributed by atoms with Crippen LogP contribution in [-0.4, -0.2) is 41.9 Å². The quantitative estimate of drug-likeness (QED) is 0.645. The molecule has 1 unspecified atom stereocenters. The molecule has 0 bridgehead atoms. The van der Waals surface area contributed by atoms with Crippen LogP contribution in [0.25, 0.3) is 16.7 Å². The van der Waals surface area contributed by atoms with Crippen LogP contribution in [-0.2, 0) is 11.8 Å².